The maximum Gasteiger partial charge on any atom is 0.259 e. The third-order valence-corrected chi connectivity index (χ3v) is 7.88. The lowest BCUT2D eigenvalue weighted by molar-refractivity contribution is 0.0979. The van der Waals surface area contributed by atoms with Gasteiger partial charge >= 0.3 is 0 Å². The number of carbonyl (C=O) groups excluding carboxylic acids is 2. The molecule has 0 aliphatic carbocycles. The molecule has 0 spiro atoms. The number of hydrogen-bond acceptors (Lipinski definition) is 5. The zero-order valence-electron chi connectivity index (χ0n) is 20.6. The highest BCUT2D eigenvalue weighted by atomic mass is 35.5. The van der Waals surface area contributed by atoms with Gasteiger partial charge in [0.15, 0.2) is 11.5 Å². The van der Waals surface area contributed by atoms with E-state index in [1.54, 1.807) is 78.9 Å². The zero-order chi connectivity index (χ0) is 26.8. The number of benzene rings is 4. The molecule has 0 aromatic heterocycles. The van der Waals surface area contributed by atoms with Gasteiger partial charge in [0.1, 0.15) is 0 Å². The number of rotatable bonds is 6. The first-order valence-electron chi connectivity index (χ1n) is 11.6. The number of hydrogen-bond donors (Lipinski definition) is 1. The fraction of sp³-hybridized carbons (Fsp3) is 0.103. The number of fused-ring (bicyclic) bond motifs is 2. The van der Waals surface area contributed by atoms with Gasteiger partial charge in [0, 0.05) is 22.3 Å². The Balaban J connectivity index is 1.56. The minimum atomic E-state index is -1.63. The summed E-state index contributed by atoms with van der Waals surface area (Å²) in [5, 5.41) is 3.39. The molecule has 0 unspecified atom stereocenters. The maximum atomic E-state index is 13.8. The van der Waals surface area contributed by atoms with E-state index < -0.39 is 16.7 Å². The van der Waals surface area contributed by atoms with Gasteiger partial charge in [-0.15, -0.1) is 0 Å². The van der Waals surface area contributed by atoms with Crippen molar-refractivity contribution >= 4 is 45.6 Å². The molecule has 1 heterocycles. The minimum Gasteiger partial charge on any atom is -0.493 e. The van der Waals surface area contributed by atoms with Crippen LogP contribution in [0.1, 0.15) is 26.3 Å². The third kappa shape index (κ3) is 4.88. The van der Waals surface area contributed by atoms with E-state index in [0.29, 0.717) is 48.8 Å². The van der Waals surface area contributed by atoms with Crippen molar-refractivity contribution < 1.29 is 23.3 Å². The van der Waals surface area contributed by atoms with E-state index in [0.717, 1.165) is 5.56 Å². The summed E-state index contributed by atoms with van der Waals surface area (Å²) >= 11 is 6.20. The summed E-state index contributed by atoms with van der Waals surface area (Å²) in [4.78, 5) is 29.4. The number of anilines is 2. The molecule has 2 amide bonds. The van der Waals surface area contributed by atoms with E-state index in [9.17, 15) is 13.8 Å². The van der Waals surface area contributed by atoms with Crippen LogP contribution >= 0.6 is 11.6 Å². The molecular formula is C29H23ClN2O5S. The monoisotopic (exact) mass is 546 g/mol. The summed E-state index contributed by atoms with van der Waals surface area (Å²) in [6.07, 6.45) is 0. The number of nitrogens with zero attached hydrogens (tertiary/aromatic N) is 1. The summed E-state index contributed by atoms with van der Waals surface area (Å²) in [5.74, 6) is 0.291. The van der Waals surface area contributed by atoms with Crippen molar-refractivity contribution in [1.82, 2.24) is 0 Å². The fourth-order valence-electron chi connectivity index (χ4n) is 4.30. The summed E-state index contributed by atoms with van der Waals surface area (Å²) in [6, 6.07) is 23.9. The second kappa shape index (κ2) is 10.7. The lowest BCUT2D eigenvalue weighted by atomic mass is 10.1. The molecule has 1 N–H and O–H groups in total. The first kappa shape index (κ1) is 25.5. The molecular weight excluding hydrogens is 524 g/mol. The fourth-order valence-corrected chi connectivity index (χ4v) is 5.85. The van der Waals surface area contributed by atoms with E-state index in [2.05, 4.69) is 5.32 Å². The van der Waals surface area contributed by atoms with Crippen LogP contribution in [-0.4, -0.2) is 30.2 Å². The molecule has 4 aromatic carbocycles. The predicted molar refractivity (Wildman–Crippen MR) is 147 cm³/mol. The molecule has 9 heteroatoms. The third-order valence-electron chi connectivity index (χ3n) is 6.15. The van der Waals surface area contributed by atoms with Gasteiger partial charge < -0.3 is 19.7 Å². The van der Waals surface area contributed by atoms with E-state index in [1.807, 2.05) is 6.07 Å². The number of methoxy groups -OCH3 is 2. The number of nitrogens with one attached hydrogen (secondary N) is 1. The van der Waals surface area contributed by atoms with E-state index in [1.165, 1.54) is 19.1 Å². The molecule has 0 saturated carbocycles. The molecule has 5 rings (SSSR count). The van der Waals surface area contributed by atoms with Crippen LogP contribution in [0.2, 0.25) is 5.02 Å². The van der Waals surface area contributed by atoms with Crippen molar-refractivity contribution in [2.45, 2.75) is 16.3 Å². The smallest absolute Gasteiger partial charge is 0.259 e. The van der Waals surface area contributed by atoms with Crippen LogP contribution in [0.5, 0.6) is 11.5 Å². The van der Waals surface area contributed by atoms with Gasteiger partial charge in [-0.25, -0.2) is 4.21 Å². The number of halogens is 1. The highest BCUT2D eigenvalue weighted by Crippen LogP contribution is 2.37. The van der Waals surface area contributed by atoms with Gasteiger partial charge in [0.2, 0.25) is 0 Å². The Morgan fingerprint density at radius 2 is 1.68 bits per heavy atom. The summed E-state index contributed by atoms with van der Waals surface area (Å²) in [7, 11) is 1.42. The van der Waals surface area contributed by atoms with Crippen LogP contribution in [0.15, 0.2) is 94.7 Å². The lowest BCUT2D eigenvalue weighted by Crippen LogP contribution is -2.30. The Bertz CT molecular complexity index is 1590. The second-order valence-electron chi connectivity index (χ2n) is 8.49. The van der Waals surface area contributed by atoms with Crippen LogP contribution in [-0.2, 0) is 17.3 Å². The van der Waals surface area contributed by atoms with E-state index in [-0.39, 0.29) is 12.5 Å². The van der Waals surface area contributed by atoms with E-state index >= 15 is 0 Å². The van der Waals surface area contributed by atoms with Gasteiger partial charge in [0.05, 0.1) is 52.6 Å². The molecule has 1 aliphatic rings. The lowest BCUT2D eigenvalue weighted by Gasteiger charge is -2.24. The highest BCUT2D eigenvalue weighted by molar-refractivity contribution is 7.85. The first-order valence-corrected chi connectivity index (χ1v) is 13.2. The van der Waals surface area contributed by atoms with Crippen molar-refractivity contribution in [3.05, 3.63) is 107 Å². The predicted octanol–water partition coefficient (Wildman–Crippen LogP) is 5.94. The topological polar surface area (TPSA) is 84.9 Å². The summed E-state index contributed by atoms with van der Waals surface area (Å²) in [5.41, 5.74) is 2.34. The van der Waals surface area contributed by atoms with Gasteiger partial charge in [-0.3, -0.25) is 9.59 Å². The quantitative estimate of drug-likeness (QED) is 0.324. The van der Waals surface area contributed by atoms with Crippen LogP contribution in [0.3, 0.4) is 0 Å². The summed E-state index contributed by atoms with van der Waals surface area (Å²) < 4.78 is 24.2. The molecule has 0 radical (unpaired) electrons. The Kier molecular flexibility index (Phi) is 7.18. The molecule has 192 valence electrons. The van der Waals surface area contributed by atoms with E-state index in [4.69, 9.17) is 21.1 Å². The van der Waals surface area contributed by atoms with Gasteiger partial charge in [-0.2, -0.15) is 0 Å². The molecule has 38 heavy (non-hydrogen) atoms. The molecule has 1 atom stereocenters. The van der Waals surface area contributed by atoms with Crippen molar-refractivity contribution in [2.75, 3.05) is 24.4 Å². The van der Waals surface area contributed by atoms with Crippen molar-refractivity contribution in [2.24, 2.45) is 0 Å². The first-order chi connectivity index (χ1) is 18.4. The second-order valence-corrected chi connectivity index (χ2v) is 10.3. The van der Waals surface area contributed by atoms with Crippen LogP contribution < -0.4 is 19.7 Å². The normalized spacial score (nSPS) is 14.2. The van der Waals surface area contributed by atoms with Gasteiger partial charge in [-0.1, -0.05) is 35.9 Å². The maximum absolute atomic E-state index is 13.8. The summed E-state index contributed by atoms with van der Waals surface area (Å²) in [6.45, 7) is 0.179. The molecule has 0 bridgehead atoms. The number of carbonyl (C=O) groups is 2. The molecule has 1 aliphatic heterocycles. The average Bonchev–Trinajstić information content (AvgIpc) is 3.02. The zero-order valence-corrected chi connectivity index (χ0v) is 22.1. The Morgan fingerprint density at radius 3 is 2.45 bits per heavy atom. The Morgan fingerprint density at radius 1 is 0.895 bits per heavy atom. The molecule has 0 saturated heterocycles. The van der Waals surface area contributed by atoms with Crippen molar-refractivity contribution in [3.63, 3.8) is 0 Å². The average molecular weight is 547 g/mol. The van der Waals surface area contributed by atoms with Gasteiger partial charge in [-0.05, 0) is 60.2 Å². The van der Waals surface area contributed by atoms with Gasteiger partial charge in [0.25, 0.3) is 11.8 Å². The molecule has 0 fully saturated rings. The molecule has 7 nitrogen and oxygen atoms in total. The van der Waals surface area contributed by atoms with Crippen molar-refractivity contribution in [1.29, 1.82) is 0 Å². The number of amides is 2. The van der Waals surface area contributed by atoms with Crippen LogP contribution in [0.4, 0.5) is 11.4 Å². The molecule has 4 aromatic rings. The van der Waals surface area contributed by atoms with Crippen LogP contribution in [0, 0.1) is 0 Å². The number of ether oxygens (including phenoxy) is 2. The highest BCUT2D eigenvalue weighted by Gasteiger charge is 2.31. The minimum absolute atomic E-state index is 0.179. The standard InChI is InChI=1S/C29H23ClN2O5S/c1-36-24-12-11-21(16-25(24)37-2)31-28(33)19-10-13-27-23(15-19)32(17-18-6-5-7-20(30)14-18)29(34)22-8-3-4-9-26(22)38(27)35/h3-16H,17H2,1-2H3,(H,31,33)/t38-/m0/s1. The van der Waals surface area contributed by atoms with Crippen molar-refractivity contribution in [3.8, 4) is 11.5 Å². The SMILES string of the molecule is COc1ccc(NC(=O)c2ccc3c(c2)N(Cc2cccc(Cl)c2)C(=O)c2ccccc2[S@@]3=O)cc1OC. The largest absolute Gasteiger partial charge is 0.493 e. The van der Waals surface area contributed by atoms with Crippen LogP contribution in [0.25, 0.3) is 0 Å². The Labute approximate surface area is 227 Å². The Hall–Kier alpha value is -4.14.